The van der Waals surface area contributed by atoms with E-state index in [4.69, 9.17) is 0 Å². The van der Waals surface area contributed by atoms with Crippen LogP contribution in [0.2, 0.25) is 0 Å². The first kappa shape index (κ1) is 13.4. The van der Waals surface area contributed by atoms with Gasteiger partial charge in [-0.3, -0.25) is 9.58 Å². The molecule has 2 rings (SSSR count). The number of aromatic nitrogens is 2. The minimum atomic E-state index is -4.19. The summed E-state index contributed by atoms with van der Waals surface area (Å²) >= 11 is 0. The van der Waals surface area contributed by atoms with Gasteiger partial charge in [-0.25, -0.2) is 0 Å². The molecule has 1 saturated heterocycles. The van der Waals surface area contributed by atoms with Gasteiger partial charge in [0.25, 0.3) is 0 Å². The first-order valence-electron chi connectivity index (χ1n) is 5.77. The van der Waals surface area contributed by atoms with Crippen LogP contribution in [-0.4, -0.2) is 52.2 Å². The van der Waals surface area contributed by atoms with Crippen molar-refractivity contribution >= 4 is 0 Å². The van der Waals surface area contributed by atoms with E-state index in [-0.39, 0.29) is 25.0 Å². The van der Waals surface area contributed by atoms with Crippen LogP contribution in [0.25, 0.3) is 0 Å². The van der Waals surface area contributed by atoms with Gasteiger partial charge in [-0.1, -0.05) is 0 Å². The Labute approximate surface area is 103 Å². The molecule has 0 saturated carbocycles. The number of hydrogen-bond acceptors (Lipinski definition) is 3. The minimum absolute atomic E-state index is 0.0777. The molecule has 0 aromatic carbocycles. The molecular weight excluding hydrogens is 247 g/mol. The van der Waals surface area contributed by atoms with Gasteiger partial charge < -0.3 is 5.11 Å². The molecule has 1 aliphatic rings. The van der Waals surface area contributed by atoms with Crippen LogP contribution < -0.4 is 0 Å². The van der Waals surface area contributed by atoms with Crippen LogP contribution in [0.15, 0.2) is 12.4 Å². The van der Waals surface area contributed by atoms with Crippen molar-refractivity contribution in [1.29, 1.82) is 0 Å². The average Bonchev–Trinajstić information content (AvgIpc) is 2.81. The maximum absolute atomic E-state index is 12.4. The van der Waals surface area contributed by atoms with E-state index in [2.05, 4.69) is 5.10 Å². The highest BCUT2D eigenvalue weighted by Gasteiger charge is 2.39. The zero-order chi connectivity index (χ0) is 13.3. The van der Waals surface area contributed by atoms with Gasteiger partial charge in [-0.15, -0.1) is 0 Å². The van der Waals surface area contributed by atoms with Gasteiger partial charge in [0, 0.05) is 44.8 Å². The summed E-state index contributed by atoms with van der Waals surface area (Å²) < 4.78 is 38.7. The largest absolute Gasteiger partial charge is 0.401 e. The molecule has 4 nitrogen and oxygen atoms in total. The van der Waals surface area contributed by atoms with E-state index >= 15 is 0 Å². The van der Waals surface area contributed by atoms with E-state index in [1.807, 2.05) is 0 Å². The SMILES string of the molecule is Cn1cc([C@@H]2CN(CC(F)(F)F)C[C@H]2CO)cn1. The number of alkyl halides is 3. The Morgan fingerprint density at radius 3 is 2.67 bits per heavy atom. The third-order valence-corrected chi connectivity index (χ3v) is 3.31. The molecule has 2 atom stereocenters. The van der Waals surface area contributed by atoms with Crippen molar-refractivity contribution in [3.8, 4) is 0 Å². The van der Waals surface area contributed by atoms with Crippen molar-refractivity contribution in [2.24, 2.45) is 13.0 Å². The number of hydrogen-bond donors (Lipinski definition) is 1. The van der Waals surface area contributed by atoms with Gasteiger partial charge in [0.2, 0.25) is 0 Å². The lowest BCUT2D eigenvalue weighted by molar-refractivity contribution is -0.144. The second kappa shape index (κ2) is 4.89. The molecule has 0 bridgehead atoms. The first-order chi connectivity index (χ1) is 8.39. The minimum Gasteiger partial charge on any atom is -0.396 e. The summed E-state index contributed by atoms with van der Waals surface area (Å²) in [6, 6.07) is 0. The quantitative estimate of drug-likeness (QED) is 0.884. The third-order valence-electron chi connectivity index (χ3n) is 3.31. The molecule has 0 unspecified atom stereocenters. The van der Waals surface area contributed by atoms with Crippen LogP contribution >= 0.6 is 0 Å². The fourth-order valence-electron chi connectivity index (χ4n) is 2.54. The normalized spacial score (nSPS) is 25.8. The van der Waals surface area contributed by atoms with Crippen LogP contribution in [0, 0.1) is 5.92 Å². The number of likely N-dealkylation sites (tertiary alicyclic amines) is 1. The van der Waals surface area contributed by atoms with Crippen LogP contribution in [0.1, 0.15) is 11.5 Å². The molecule has 1 aromatic heterocycles. The molecule has 1 aliphatic heterocycles. The van der Waals surface area contributed by atoms with E-state index in [1.54, 1.807) is 24.1 Å². The summed E-state index contributed by atoms with van der Waals surface area (Å²) in [5.41, 5.74) is 0.890. The first-order valence-corrected chi connectivity index (χ1v) is 5.77. The summed E-state index contributed by atoms with van der Waals surface area (Å²) in [6.45, 7) is -0.430. The Balaban J connectivity index is 2.07. The molecule has 18 heavy (non-hydrogen) atoms. The van der Waals surface area contributed by atoms with Crippen LogP contribution in [0.3, 0.4) is 0 Å². The number of aliphatic hydroxyl groups excluding tert-OH is 1. The molecule has 1 aromatic rings. The second-order valence-electron chi connectivity index (χ2n) is 4.81. The van der Waals surface area contributed by atoms with Gasteiger partial charge in [-0.05, 0) is 5.56 Å². The van der Waals surface area contributed by atoms with E-state index < -0.39 is 12.7 Å². The van der Waals surface area contributed by atoms with Gasteiger partial charge in [0.05, 0.1) is 12.7 Å². The predicted octanol–water partition coefficient (Wildman–Crippen LogP) is 0.990. The lowest BCUT2D eigenvalue weighted by Crippen LogP contribution is -2.32. The average molecular weight is 263 g/mol. The monoisotopic (exact) mass is 263 g/mol. The number of aryl methyl sites for hydroxylation is 1. The third kappa shape index (κ3) is 3.02. The maximum atomic E-state index is 12.4. The Hall–Kier alpha value is -1.08. The molecule has 0 aliphatic carbocycles. The highest BCUT2D eigenvalue weighted by Crippen LogP contribution is 2.33. The smallest absolute Gasteiger partial charge is 0.396 e. The predicted molar refractivity (Wildman–Crippen MR) is 59.0 cm³/mol. The summed E-state index contributed by atoms with van der Waals surface area (Å²) in [5.74, 6) is -0.234. The van der Waals surface area contributed by atoms with Gasteiger partial charge in [0.1, 0.15) is 0 Å². The summed E-state index contributed by atoms with van der Waals surface area (Å²) in [7, 11) is 1.76. The molecule has 1 N–H and O–H groups in total. The molecule has 0 spiro atoms. The van der Waals surface area contributed by atoms with Crippen molar-refractivity contribution in [2.75, 3.05) is 26.2 Å². The molecule has 7 heteroatoms. The highest BCUT2D eigenvalue weighted by molar-refractivity contribution is 5.16. The lowest BCUT2D eigenvalue weighted by Gasteiger charge is -2.17. The Bertz CT molecular complexity index is 404. The van der Waals surface area contributed by atoms with Crippen molar-refractivity contribution in [1.82, 2.24) is 14.7 Å². The van der Waals surface area contributed by atoms with E-state index in [0.29, 0.717) is 6.54 Å². The van der Waals surface area contributed by atoms with Gasteiger partial charge in [-0.2, -0.15) is 18.3 Å². The lowest BCUT2D eigenvalue weighted by atomic mass is 9.92. The van der Waals surface area contributed by atoms with Gasteiger partial charge >= 0.3 is 6.18 Å². The number of nitrogens with zero attached hydrogens (tertiary/aromatic N) is 3. The van der Waals surface area contributed by atoms with Crippen molar-refractivity contribution < 1.29 is 18.3 Å². The maximum Gasteiger partial charge on any atom is 0.401 e. The zero-order valence-electron chi connectivity index (χ0n) is 10.1. The molecule has 0 amide bonds. The second-order valence-corrected chi connectivity index (χ2v) is 4.81. The van der Waals surface area contributed by atoms with E-state index in [9.17, 15) is 18.3 Å². The standard InChI is InChI=1S/C11H16F3N3O/c1-16-3-8(2-15-16)10-5-17(4-9(10)6-18)7-11(12,13)14/h2-3,9-10,18H,4-7H2,1H3/t9-,10-/m0/s1. The summed E-state index contributed by atoms with van der Waals surface area (Å²) in [5, 5.41) is 13.3. The number of rotatable bonds is 3. The molecular formula is C11H16F3N3O. The number of halogens is 3. The number of aliphatic hydroxyl groups is 1. The Kier molecular flexibility index (Phi) is 3.63. The topological polar surface area (TPSA) is 41.3 Å². The Morgan fingerprint density at radius 1 is 1.44 bits per heavy atom. The van der Waals surface area contributed by atoms with Crippen LogP contribution in [0.5, 0.6) is 0 Å². The van der Waals surface area contributed by atoms with Crippen molar-refractivity contribution in [3.63, 3.8) is 0 Å². The molecule has 2 heterocycles. The molecule has 0 radical (unpaired) electrons. The molecule has 102 valence electrons. The fourth-order valence-corrected chi connectivity index (χ4v) is 2.54. The summed E-state index contributed by atoms with van der Waals surface area (Å²) in [6.07, 6.45) is -0.737. The van der Waals surface area contributed by atoms with Crippen LogP contribution in [-0.2, 0) is 7.05 Å². The van der Waals surface area contributed by atoms with Crippen molar-refractivity contribution in [2.45, 2.75) is 12.1 Å². The van der Waals surface area contributed by atoms with E-state index in [0.717, 1.165) is 5.56 Å². The van der Waals surface area contributed by atoms with Crippen LogP contribution in [0.4, 0.5) is 13.2 Å². The van der Waals surface area contributed by atoms with E-state index in [1.165, 1.54) is 4.90 Å². The highest BCUT2D eigenvalue weighted by atomic mass is 19.4. The molecule has 1 fully saturated rings. The summed E-state index contributed by atoms with van der Waals surface area (Å²) in [4.78, 5) is 1.35. The van der Waals surface area contributed by atoms with Gasteiger partial charge in [0.15, 0.2) is 0 Å². The Morgan fingerprint density at radius 2 is 2.17 bits per heavy atom. The zero-order valence-corrected chi connectivity index (χ0v) is 10.1. The fraction of sp³-hybridized carbons (Fsp3) is 0.727. The van der Waals surface area contributed by atoms with Crippen molar-refractivity contribution in [3.05, 3.63) is 18.0 Å².